The topological polar surface area (TPSA) is 82.4 Å². The van der Waals surface area contributed by atoms with Gasteiger partial charge in [-0.25, -0.2) is 4.98 Å². The number of halogens is 3. The summed E-state index contributed by atoms with van der Waals surface area (Å²) in [5.41, 5.74) is 6.93. The van der Waals surface area contributed by atoms with Crippen molar-refractivity contribution >= 4 is 53.7 Å². The van der Waals surface area contributed by atoms with Crippen LogP contribution in [0.5, 0.6) is 0 Å². The van der Waals surface area contributed by atoms with Crippen molar-refractivity contribution in [3.63, 3.8) is 0 Å². The van der Waals surface area contributed by atoms with Gasteiger partial charge in [0.25, 0.3) is 0 Å². The molecule has 1 aromatic heterocycles. The summed E-state index contributed by atoms with van der Waals surface area (Å²) in [6.45, 7) is 3.32. The van der Waals surface area contributed by atoms with Gasteiger partial charge in [-0.15, -0.1) is 48.6 Å². The molecule has 0 fully saturated rings. The Morgan fingerprint density at radius 1 is 1.39 bits per heavy atom. The predicted octanol–water partition coefficient (Wildman–Crippen LogP) is 2.02. The van der Waals surface area contributed by atoms with Gasteiger partial charge in [0.1, 0.15) is 0 Å². The summed E-state index contributed by atoms with van der Waals surface area (Å²) in [5, 5.41) is 4.29. The molecule has 0 unspecified atom stereocenters. The van der Waals surface area contributed by atoms with Gasteiger partial charge in [0.15, 0.2) is 5.13 Å². The minimum atomic E-state index is 0. The maximum atomic E-state index is 5.69. The molecule has 110 valence electrons. The molecule has 0 spiro atoms. The van der Waals surface area contributed by atoms with E-state index in [1.807, 2.05) is 0 Å². The third-order valence-corrected chi connectivity index (χ3v) is 3.59. The van der Waals surface area contributed by atoms with Crippen LogP contribution in [-0.2, 0) is 12.8 Å². The number of rotatable bonds is 3. The van der Waals surface area contributed by atoms with E-state index in [2.05, 4.69) is 17.2 Å². The number of nitrogen functional groups attached to an aromatic ring is 1. The fourth-order valence-corrected chi connectivity index (χ4v) is 2.88. The van der Waals surface area contributed by atoms with Gasteiger partial charge in [-0.2, -0.15) is 0 Å². The Labute approximate surface area is 131 Å². The number of aromatic nitrogens is 1. The van der Waals surface area contributed by atoms with Crippen LogP contribution in [-0.4, -0.2) is 23.0 Å². The number of thiazole rings is 1. The summed E-state index contributed by atoms with van der Waals surface area (Å²) in [6.07, 6.45) is 4.61. The summed E-state index contributed by atoms with van der Waals surface area (Å²) in [4.78, 5) is 5.73. The van der Waals surface area contributed by atoms with Crippen LogP contribution < -0.4 is 11.1 Å². The molecule has 8 heteroatoms. The first-order valence-electron chi connectivity index (χ1n) is 5.27. The predicted molar refractivity (Wildman–Crippen MR) is 86.0 cm³/mol. The van der Waals surface area contributed by atoms with Crippen LogP contribution >= 0.6 is 48.6 Å². The average Bonchev–Trinajstić information content (AvgIpc) is 2.54. The van der Waals surface area contributed by atoms with Gasteiger partial charge in [-0.3, -0.25) is 0 Å². The van der Waals surface area contributed by atoms with E-state index in [9.17, 15) is 0 Å². The zero-order valence-electron chi connectivity index (χ0n) is 10.3. The van der Waals surface area contributed by atoms with E-state index < -0.39 is 0 Å². The van der Waals surface area contributed by atoms with Gasteiger partial charge in [0.2, 0.25) is 0 Å². The first-order valence-corrected chi connectivity index (χ1v) is 6.08. The third-order valence-electron chi connectivity index (χ3n) is 2.64. The van der Waals surface area contributed by atoms with Gasteiger partial charge >= 0.3 is 0 Å². The van der Waals surface area contributed by atoms with Crippen LogP contribution in [0, 0.1) is 0 Å². The van der Waals surface area contributed by atoms with Crippen LogP contribution in [0.25, 0.3) is 0 Å². The Balaban J connectivity index is -0.000000562. The Hall–Kier alpha value is 0.220. The molecule has 18 heavy (non-hydrogen) atoms. The highest BCUT2D eigenvalue weighted by atomic mass is 35.5. The normalized spacial score (nSPS) is 16.2. The van der Waals surface area contributed by atoms with Crippen LogP contribution in [0.4, 0.5) is 5.13 Å². The van der Waals surface area contributed by atoms with Gasteiger partial charge in [-0.1, -0.05) is 6.92 Å². The molecular formula is C10H22Cl3N3OS. The second kappa shape index (κ2) is 11.1. The zero-order valence-corrected chi connectivity index (χ0v) is 13.5. The zero-order chi connectivity index (χ0) is 9.97. The first-order chi connectivity index (χ1) is 6.79. The number of hydrogen-bond donors (Lipinski definition) is 2. The molecule has 0 radical (unpaired) electrons. The standard InChI is InChI=1S/C10H17N3S.3ClH.H2O/c1-2-5-12-7-3-4-8-9(6-7)14-10(11)13-8;;;;/h7,12H,2-6H2,1H3,(H2,11,13);3*1H;1H2/t7-;;;;/m0..../s1. The van der Waals surface area contributed by atoms with E-state index in [-0.39, 0.29) is 42.7 Å². The lowest BCUT2D eigenvalue weighted by atomic mass is 9.98. The molecule has 0 saturated carbocycles. The van der Waals surface area contributed by atoms with Crippen molar-refractivity contribution in [3.8, 4) is 0 Å². The average molecular weight is 339 g/mol. The highest BCUT2D eigenvalue weighted by molar-refractivity contribution is 7.15. The number of anilines is 1. The highest BCUT2D eigenvalue weighted by Gasteiger charge is 2.21. The second-order valence-electron chi connectivity index (χ2n) is 3.82. The monoisotopic (exact) mass is 337 g/mol. The summed E-state index contributed by atoms with van der Waals surface area (Å²) in [5.74, 6) is 0. The van der Waals surface area contributed by atoms with Crippen LogP contribution in [0.1, 0.15) is 30.3 Å². The number of nitrogens with one attached hydrogen (secondary N) is 1. The summed E-state index contributed by atoms with van der Waals surface area (Å²) in [6, 6.07) is 0.641. The fraction of sp³-hybridized carbons (Fsp3) is 0.700. The maximum Gasteiger partial charge on any atom is 0.180 e. The molecule has 0 aliphatic heterocycles. The van der Waals surface area contributed by atoms with Gasteiger partial charge in [0.05, 0.1) is 5.69 Å². The number of nitrogens with two attached hydrogens (primary N) is 1. The van der Waals surface area contributed by atoms with E-state index in [4.69, 9.17) is 5.73 Å². The molecular weight excluding hydrogens is 317 g/mol. The quantitative estimate of drug-likeness (QED) is 0.884. The molecule has 1 aromatic rings. The fourth-order valence-electron chi connectivity index (χ4n) is 1.92. The molecule has 2 rings (SSSR count). The van der Waals surface area contributed by atoms with E-state index in [1.165, 1.54) is 23.4 Å². The largest absolute Gasteiger partial charge is 0.412 e. The Bertz CT molecular complexity index is 325. The molecule has 5 N–H and O–H groups in total. The molecule has 1 aliphatic rings. The number of hydrogen-bond acceptors (Lipinski definition) is 4. The molecule has 4 nitrogen and oxygen atoms in total. The maximum absolute atomic E-state index is 5.69. The molecule has 0 amide bonds. The van der Waals surface area contributed by atoms with E-state index in [1.54, 1.807) is 11.3 Å². The van der Waals surface area contributed by atoms with Crippen molar-refractivity contribution in [2.75, 3.05) is 12.3 Å². The van der Waals surface area contributed by atoms with Crippen molar-refractivity contribution < 1.29 is 5.48 Å². The molecule has 1 aliphatic carbocycles. The van der Waals surface area contributed by atoms with Crippen molar-refractivity contribution in [1.82, 2.24) is 10.3 Å². The molecule has 1 atom stereocenters. The van der Waals surface area contributed by atoms with Gasteiger partial charge in [0, 0.05) is 10.9 Å². The van der Waals surface area contributed by atoms with Crippen molar-refractivity contribution in [1.29, 1.82) is 0 Å². The lowest BCUT2D eigenvalue weighted by molar-refractivity contribution is 0.460. The highest BCUT2D eigenvalue weighted by Crippen LogP contribution is 2.27. The Kier molecular flexibility index (Phi) is 14.4. The Morgan fingerprint density at radius 2 is 2.06 bits per heavy atom. The summed E-state index contributed by atoms with van der Waals surface area (Å²) < 4.78 is 0. The molecule has 1 heterocycles. The lowest BCUT2D eigenvalue weighted by Gasteiger charge is -2.21. The summed E-state index contributed by atoms with van der Waals surface area (Å²) >= 11 is 1.65. The van der Waals surface area contributed by atoms with E-state index >= 15 is 0 Å². The Morgan fingerprint density at radius 3 is 2.67 bits per heavy atom. The van der Waals surface area contributed by atoms with E-state index in [0.717, 1.165) is 24.5 Å². The van der Waals surface area contributed by atoms with Gasteiger partial charge < -0.3 is 16.5 Å². The van der Waals surface area contributed by atoms with Crippen LogP contribution in [0.3, 0.4) is 0 Å². The number of nitrogens with zero attached hydrogens (tertiary/aromatic N) is 1. The van der Waals surface area contributed by atoms with Crippen molar-refractivity contribution in [2.45, 2.75) is 38.6 Å². The minimum Gasteiger partial charge on any atom is -0.412 e. The smallest absolute Gasteiger partial charge is 0.180 e. The number of fused-ring (bicyclic) bond motifs is 1. The van der Waals surface area contributed by atoms with Crippen molar-refractivity contribution in [2.24, 2.45) is 0 Å². The van der Waals surface area contributed by atoms with E-state index in [0.29, 0.717) is 6.04 Å². The second-order valence-corrected chi connectivity index (χ2v) is 4.93. The van der Waals surface area contributed by atoms with Crippen LogP contribution in [0.15, 0.2) is 0 Å². The van der Waals surface area contributed by atoms with Crippen molar-refractivity contribution in [3.05, 3.63) is 10.6 Å². The molecule has 0 saturated heterocycles. The van der Waals surface area contributed by atoms with Gasteiger partial charge in [-0.05, 0) is 32.2 Å². The number of aryl methyl sites for hydroxylation is 1. The SMILES string of the molecule is CCCN[C@H]1CCc2nc(N)sc2C1.Cl.Cl.Cl.O. The summed E-state index contributed by atoms with van der Waals surface area (Å²) in [7, 11) is 0. The third kappa shape index (κ3) is 5.91. The lowest BCUT2D eigenvalue weighted by Crippen LogP contribution is -2.34. The minimum absolute atomic E-state index is 0. The molecule has 0 bridgehead atoms. The van der Waals surface area contributed by atoms with Crippen LogP contribution in [0.2, 0.25) is 0 Å². The first kappa shape index (κ1) is 23.3. The molecule has 0 aromatic carbocycles.